The van der Waals surface area contributed by atoms with Gasteiger partial charge in [0.05, 0.1) is 5.69 Å². The van der Waals surface area contributed by atoms with Crippen LogP contribution in [0.15, 0.2) is 47.4 Å². The number of carbonyl (C=O) groups excluding carboxylic acids is 1. The minimum atomic E-state index is -0.237. The summed E-state index contributed by atoms with van der Waals surface area (Å²) in [6.45, 7) is 0. The highest BCUT2D eigenvalue weighted by Gasteiger charge is 2.21. The molecule has 0 bridgehead atoms. The first kappa shape index (κ1) is 14.7. The fourth-order valence-corrected chi connectivity index (χ4v) is 3.24. The zero-order chi connectivity index (χ0) is 16.5. The van der Waals surface area contributed by atoms with Gasteiger partial charge in [0.2, 0.25) is 0 Å². The average molecular weight is 322 g/mol. The van der Waals surface area contributed by atoms with Crippen molar-refractivity contribution < 1.29 is 4.79 Å². The van der Waals surface area contributed by atoms with E-state index < -0.39 is 0 Å². The summed E-state index contributed by atoms with van der Waals surface area (Å²) >= 11 is 0. The molecule has 1 aliphatic carbocycles. The average Bonchev–Trinajstić information content (AvgIpc) is 3.25. The van der Waals surface area contributed by atoms with Crippen molar-refractivity contribution >= 4 is 11.6 Å². The first-order valence-corrected chi connectivity index (χ1v) is 8.20. The van der Waals surface area contributed by atoms with Gasteiger partial charge in [-0.05, 0) is 12.8 Å². The number of aromatic amines is 1. The molecule has 0 spiro atoms. The maximum Gasteiger partial charge on any atom is 0.273 e. The van der Waals surface area contributed by atoms with E-state index in [1.807, 2.05) is 30.3 Å². The second kappa shape index (κ2) is 5.96. The number of rotatable bonds is 3. The van der Waals surface area contributed by atoms with E-state index in [0.717, 1.165) is 31.2 Å². The molecule has 0 saturated heterocycles. The number of hydrogen-bond donors (Lipinski definition) is 2. The molecule has 2 aromatic heterocycles. The lowest BCUT2D eigenvalue weighted by molar-refractivity contribution is 0.0939. The molecule has 6 heteroatoms. The number of nitrogens with zero attached hydrogens (tertiary/aromatic N) is 2. The van der Waals surface area contributed by atoms with E-state index in [2.05, 4.69) is 15.4 Å². The lowest BCUT2D eigenvalue weighted by Crippen LogP contribution is -2.32. The van der Waals surface area contributed by atoms with Crippen molar-refractivity contribution in [2.24, 2.45) is 0 Å². The van der Waals surface area contributed by atoms with E-state index in [1.54, 1.807) is 6.20 Å². The largest absolute Gasteiger partial charge is 0.349 e. The van der Waals surface area contributed by atoms with Crippen molar-refractivity contribution in [3.05, 3.63) is 58.5 Å². The highest BCUT2D eigenvalue weighted by Crippen LogP contribution is 2.20. The monoisotopic (exact) mass is 322 g/mol. The van der Waals surface area contributed by atoms with E-state index in [4.69, 9.17) is 0 Å². The molecule has 6 nitrogen and oxygen atoms in total. The Morgan fingerprint density at radius 1 is 1.21 bits per heavy atom. The lowest BCUT2D eigenvalue weighted by atomic mass is 10.1. The van der Waals surface area contributed by atoms with Gasteiger partial charge in [0.1, 0.15) is 5.56 Å². The minimum Gasteiger partial charge on any atom is -0.349 e. The van der Waals surface area contributed by atoms with Gasteiger partial charge in [-0.2, -0.15) is 0 Å². The van der Waals surface area contributed by atoms with Crippen LogP contribution in [0.1, 0.15) is 36.0 Å². The Labute approximate surface area is 138 Å². The summed E-state index contributed by atoms with van der Waals surface area (Å²) < 4.78 is 1.30. The third-order valence-corrected chi connectivity index (χ3v) is 4.50. The quantitative estimate of drug-likeness (QED) is 0.777. The first-order valence-electron chi connectivity index (χ1n) is 8.20. The van der Waals surface area contributed by atoms with Crippen molar-refractivity contribution in [2.75, 3.05) is 0 Å². The molecule has 2 heterocycles. The van der Waals surface area contributed by atoms with E-state index in [1.165, 1.54) is 10.6 Å². The summed E-state index contributed by atoms with van der Waals surface area (Å²) in [5, 5.41) is 5.86. The maximum atomic E-state index is 12.5. The van der Waals surface area contributed by atoms with Gasteiger partial charge in [-0.15, -0.1) is 0 Å². The SMILES string of the molecule is O=C(NC1CCCC1)c1c[nH]n2c(=O)cc(-c3ccccc3)nc12. The van der Waals surface area contributed by atoms with Crippen LogP contribution < -0.4 is 10.9 Å². The van der Waals surface area contributed by atoms with E-state index >= 15 is 0 Å². The highest BCUT2D eigenvalue weighted by molar-refractivity contribution is 6.00. The van der Waals surface area contributed by atoms with E-state index in [0.29, 0.717) is 16.9 Å². The topological polar surface area (TPSA) is 79.3 Å². The fourth-order valence-electron chi connectivity index (χ4n) is 3.24. The molecule has 1 aliphatic rings. The molecule has 1 aromatic carbocycles. The maximum absolute atomic E-state index is 12.5. The van der Waals surface area contributed by atoms with Gasteiger partial charge in [0, 0.05) is 23.9 Å². The number of aromatic nitrogens is 3. The van der Waals surface area contributed by atoms with Crippen molar-refractivity contribution in [3.63, 3.8) is 0 Å². The molecule has 0 unspecified atom stereocenters. The molecule has 0 atom stereocenters. The minimum absolute atomic E-state index is 0.183. The van der Waals surface area contributed by atoms with Crippen molar-refractivity contribution in [2.45, 2.75) is 31.7 Å². The lowest BCUT2D eigenvalue weighted by Gasteiger charge is -2.10. The van der Waals surface area contributed by atoms with Crippen LogP contribution in [0, 0.1) is 0 Å². The number of fused-ring (bicyclic) bond motifs is 1. The molecule has 122 valence electrons. The number of hydrogen-bond acceptors (Lipinski definition) is 3. The van der Waals surface area contributed by atoms with Gasteiger partial charge >= 0.3 is 0 Å². The van der Waals surface area contributed by atoms with Crippen molar-refractivity contribution in [1.82, 2.24) is 19.9 Å². The highest BCUT2D eigenvalue weighted by atomic mass is 16.2. The molecule has 1 fully saturated rings. The Balaban J connectivity index is 1.75. The van der Waals surface area contributed by atoms with Crippen LogP contribution in [0.2, 0.25) is 0 Å². The molecule has 2 N–H and O–H groups in total. The standard InChI is InChI=1S/C18H18N4O2/c23-16-10-15(12-6-2-1-3-7-12)21-17-14(11-19-22(16)17)18(24)20-13-8-4-5-9-13/h1-3,6-7,10-11,13,19H,4-5,8-9H2,(H,20,24). The van der Waals surface area contributed by atoms with Gasteiger partial charge in [-0.1, -0.05) is 43.2 Å². The molecule has 4 rings (SSSR count). The summed E-state index contributed by atoms with van der Waals surface area (Å²) in [6, 6.07) is 11.2. The first-order chi connectivity index (χ1) is 11.7. The van der Waals surface area contributed by atoms with Crippen LogP contribution in [-0.2, 0) is 0 Å². The van der Waals surface area contributed by atoms with Crippen LogP contribution in [0.25, 0.3) is 16.9 Å². The number of H-pyrrole nitrogens is 1. The van der Waals surface area contributed by atoms with Crippen LogP contribution in [0.4, 0.5) is 0 Å². The Morgan fingerprint density at radius 3 is 2.71 bits per heavy atom. The predicted octanol–water partition coefficient (Wildman–Crippen LogP) is 2.36. The summed E-state index contributed by atoms with van der Waals surface area (Å²) in [7, 11) is 0. The van der Waals surface area contributed by atoms with Gasteiger partial charge in [0.15, 0.2) is 5.65 Å². The Morgan fingerprint density at radius 2 is 1.96 bits per heavy atom. The summed E-state index contributed by atoms with van der Waals surface area (Å²) in [5.74, 6) is -0.183. The number of carbonyl (C=O) groups is 1. The Kier molecular flexibility index (Phi) is 3.65. The molecular weight excluding hydrogens is 304 g/mol. The molecule has 24 heavy (non-hydrogen) atoms. The van der Waals surface area contributed by atoms with Crippen LogP contribution in [0.3, 0.4) is 0 Å². The van der Waals surface area contributed by atoms with Gasteiger partial charge in [-0.3, -0.25) is 14.7 Å². The van der Waals surface area contributed by atoms with E-state index in [-0.39, 0.29) is 17.5 Å². The Hall–Kier alpha value is -2.89. The zero-order valence-corrected chi connectivity index (χ0v) is 13.2. The normalized spacial score (nSPS) is 15.0. The summed E-state index contributed by atoms with van der Waals surface area (Å²) in [4.78, 5) is 29.4. The third kappa shape index (κ3) is 2.60. The van der Waals surface area contributed by atoms with Gasteiger partial charge in [-0.25, -0.2) is 9.50 Å². The fraction of sp³-hybridized carbons (Fsp3) is 0.278. The number of nitrogens with one attached hydrogen (secondary N) is 2. The Bertz CT molecular complexity index is 937. The van der Waals surface area contributed by atoms with E-state index in [9.17, 15) is 9.59 Å². The third-order valence-electron chi connectivity index (χ3n) is 4.50. The molecule has 0 radical (unpaired) electrons. The second-order valence-corrected chi connectivity index (χ2v) is 6.15. The molecule has 0 aliphatic heterocycles. The summed E-state index contributed by atoms with van der Waals surface area (Å²) in [6.07, 6.45) is 5.86. The summed E-state index contributed by atoms with van der Waals surface area (Å²) in [5.41, 5.74) is 1.93. The number of amides is 1. The second-order valence-electron chi connectivity index (χ2n) is 6.15. The predicted molar refractivity (Wildman–Crippen MR) is 91.0 cm³/mol. The molecular formula is C18H18N4O2. The van der Waals surface area contributed by atoms with Crippen molar-refractivity contribution in [1.29, 1.82) is 0 Å². The molecule has 1 saturated carbocycles. The molecule has 1 amide bonds. The van der Waals surface area contributed by atoms with Gasteiger partial charge in [0.25, 0.3) is 11.5 Å². The van der Waals surface area contributed by atoms with Gasteiger partial charge < -0.3 is 5.32 Å². The van der Waals surface area contributed by atoms with Crippen LogP contribution >= 0.6 is 0 Å². The zero-order valence-electron chi connectivity index (χ0n) is 13.2. The smallest absolute Gasteiger partial charge is 0.273 e. The molecule has 3 aromatic rings. The van der Waals surface area contributed by atoms with Crippen LogP contribution in [0.5, 0.6) is 0 Å². The number of benzene rings is 1. The van der Waals surface area contributed by atoms with Crippen LogP contribution in [-0.4, -0.2) is 26.5 Å². The van der Waals surface area contributed by atoms with Crippen molar-refractivity contribution in [3.8, 4) is 11.3 Å².